The lowest BCUT2D eigenvalue weighted by atomic mass is 10.2. The van der Waals surface area contributed by atoms with Crippen molar-refractivity contribution in [3.8, 4) is 0 Å². The number of nitrogens with one attached hydrogen (secondary N) is 1. The Labute approximate surface area is 155 Å². The SMILES string of the molecule is CCCCCCNC(=O)CCN(Cc1ccccc1)C(=O)c1ccoc1. The molecule has 5 heteroatoms. The van der Waals surface area contributed by atoms with E-state index in [-0.39, 0.29) is 11.8 Å². The number of carbonyl (C=O) groups excluding carboxylic acids is 2. The molecule has 0 atom stereocenters. The predicted molar refractivity (Wildman–Crippen MR) is 102 cm³/mol. The van der Waals surface area contributed by atoms with Crippen LogP contribution in [-0.2, 0) is 11.3 Å². The molecule has 0 aliphatic rings. The molecule has 1 aromatic heterocycles. The molecule has 140 valence electrons. The summed E-state index contributed by atoms with van der Waals surface area (Å²) in [4.78, 5) is 26.5. The average Bonchev–Trinajstić information content (AvgIpc) is 3.20. The summed E-state index contributed by atoms with van der Waals surface area (Å²) in [7, 11) is 0. The van der Waals surface area contributed by atoms with Crippen LogP contribution in [0.3, 0.4) is 0 Å². The molecule has 0 aliphatic carbocycles. The summed E-state index contributed by atoms with van der Waals surface area (Å²) in [6, 6.07) is 11.4. The van der Waals surface area contributed by atoms with Crippen molar-refractivity contribution in [2.75, 3.05) is 13.1 Å². The van der Waals surface area contributed by atoms with E-state index in [4.69, 9.17) is 4.42 Å². The van der Waals surface area contributed by atoms with Crippen LogP contribution in [-0.4, -0.2) is 29.8 Å². The fourth-order valence-corrected chi connectivity index (χ4v) is 2.73. The molecule has 0 bridgehead atoms. The zero-order valence-electron chi connectivity index (χ0n) is 15.4. The molecule has 1 N–H and O–H groups in total. The van der Waals surface area contributed by atoms with Crippen molar-refractivity contribution in [2.24, 2.45) is 0 Å². The van der Waals surface area contributed by atoms with Crippen LogP contribution < -0.4 is 5.32 Å². The first kappa shape index (κ1) is 19.8. The van der Waals surface area contributed by atoms with Crippen molar-refractivity contribution in [3.63, 3.8) is 0 Å². The van der Waals surface area contributed by atoms with Gasteiger partial charge in [0.2, 0.25) is 5.91 Å². The molecule has 0 saturated carbocycles. The molecule has 1 aromatic carbocycles. The van der Waals surface area contributed by atoms with Crippen LogP contribution in [0.15, 0.2) is 53.3 Å². The Hall–Kier alpha value is -2.56. The highest BCUT2D eigenvalue weighted by atomic mass is 16.3. The van der Waals surface area contributed by atoms with Gasteiger partial charge >= 0.3 is 0 Å². The number of benzene rings is 1. The Kier molecular flexibility index (Phi) is 8.46. The largest absolute Gasteiger partial charge is 0.472 e. The maximum absolute atomic E-state index is 12.7. The number of unbranched alkanes of at least 4 members (excludes halogenated alkanes) is 3. The number of carbonyl (C=O) groups is 2. The van der Waals surface area contributed by atoms with Crippen molar-refractivity contribution in [1.82, 2.24) is 10.2 Å². The highest BCUT2D eigenvalue weighted by molar-refractivity contribution is 5.94. The van der Waals surface area contributed by atoms with Crippen LogP contribution in [0.1, 0.15) is 54.9 Å². The van der Waals surface area contributed by atoms with E-state index in [1.165, 1.54) is 25.4 Å². The van der Waals surface area contributed by atoms with Crippen molar-refractivity contribution >= 4 is 11.8 Å². The second-order valence-electron chi connectivity index (χ2n) is 6.38. The molecule has 1 heterocycles. The van der Waals surface area contributed by atoms with E-state index in [0.29, 0.717) is 31.6 Å². The van der Waals surface area contributed by atoms with Gasteiger partial charge in [-0.2, -0.15) is 0 Å². The Morgan fingerprint density at radius 3 is 2.58 bits per heavy atom. The third-order valence-corrected chi connectivity index (χ3v) is 4.23. The van der Waals surface area contributed by atoms with Gasteiger partial charge in [-0.1, -0.05) is 56.5 Å². The molecule has 0 radical (unpaired) electrons. The van der Waals surface area contributed by atoms with Crippen molar-refractivity contribution in [1.29, 1.82) is 0 Å². The molecule has 0 fully saturated rings. The highest BCUT2D eigenvalue weighted by Gasteiger charge is 2.18. The fraction of sp³-hybridized carbons (Fsp3) is 0.429. The average molecular weight is 356 g/mol. The predicted octanol–water partition coefficient (Wildman–Crippen LogP) is 4.01. The molecule has 5 nitrogen and oxygen atoms in total. The zero-order chi connectivity index (χ0) is 18.6. The van der Waals surface area contributed by atoms with Crippen LogP contribution in [0.25, 0.3) is 0 Å². The number of amides is 2. The van der Waals surface area contributed by atoms with Crippen LogP contribution in [0, 0.1) is 0 Å². The zero-order valence-corrected chi connectivity index (χ0v) is 15.4. The van der Waals surface area contributed by atoms with E-state index in [0.717, 1.165) is 18.4 Å². The van der Waals surface area contributed by atoms with Gasteiger partial charge in [0, 0.05) is 26.1 Å². The maximum atomic E-state index is 12.7. The Balaban J connectivity index is 1.87. The number of furan rings is 1. The van der Waals surface area contributed by atoms with Crippen LogP contribution >= 0.6 is 0 Å². The normalized spacial score (nSPS) is 10.5. The van der Waals surface area contributed by atoms with Gasteiger partial charge in [-0.25, -0.2) is 0 Å². The summed E-state index contributed by atoms with van der Waals surface area (Å²) in [6.45, 7) is 3.71. The Bertz CT molecular complexity index is 653. The number of rotatable bonds is 11. The Morgan fingerprint density at radius 1 is 1.08 bits per heavy atom. The summed E-state index contributed by atoms with van der Waals surface area (Å²) >= 11 is 0. The topological polar surface area (TPSA) is 62.6 Å². The van der Waals surface area contributed by atoms with Crippen LogP contribution in [0.5, 0.6) is 0 Å². The van der Waals surface area contributed by atoms with E-state index in [9.17, 15) is 9.59 Å². The van der Waals surface area contributed by atoms with Gasteiger partial charge in [-0.15, -0.1) is 0 Å². The molecular formula is C21H28N2O3. The molecule has 2 rings (SSSR count). The minimum atomic E-state index is -0.127. The maximum Gasteiger partial charge on any atom is 0.257 e. The first-order valence-electron chi connectivity index (χ1n) is 9.32. The lowest BCUT2D eigenvalue weighted by Gasteiger charge is -2.22. The second-order valence-corrected chi connectivity index (χ2v) is 6.38. The third-order valence-electron chi connectivity index (χ3n) is 4.23. The van der Waals surface area contributed by atoms with Crippen molar-refractivity contribution < 1.29 is 14.0 Å². The van der Waals surface area contributed by atoms with E-state index >= 15 is 0 Å². The van der Waals surface area contributed by atoms with Gasteiger partial charge < -0.3 is 14.6 Å². The van der Waals surface area contributed by atoms with Gasteiger partial charge in [0.25, 0.3) is 5.91 Å². The van der Waals surface area contributed by atoms with Gasteiger partial charge in [0.05, 0.1) is 11.8 Å². The van der Waals surface area contributed by atoms with Crippen molar-refractivity contribution in [2.45, 2.75) is 45.6 Å². The van der Waals surface area contributed by atoms with E-state index in [1.54, 1.807) is 11.0 Å². The molecular weight excluding hydrogens is 328 g/mol. The lowest BCUT2D eigenvalue weighted by Crippen LogP contribution is -2.35. The van der Waals surface area contributed by atoms with Crippen LogP contribution in [0.2, 0.25) is 0 Å². The van der Waals surface area contributed by atoms with E-state index in [2.05, 4.69) is 12.2 Å². The molecule has 0 saturated heterocycles. The number of hydrogen-bond donors (Lipinski definition) is 1. The molecule has 0 aliphatic heterocycles. The molecule has 2 amide bonds. The van der Waals surface area contributed by atoms with E-state index < -0.39 is 0 Å². The third kappa shape index (κ3) is 6.75. The summed E-state index contributed by atoms with van der Waals surface area (Å²) < 4.78 is 5.02. The number of nitrogens with zero attached hydrogens (tertiary/aromatic N) is 1. The molecule has 26 heavy (non-hydrogen) atoms. The minimum absolute atomic E-state index is 0.0143. The van der Waals surface area contributed by atoms with Gasteiger partial charge in [0.15, 0.2) is 0 Å². The summed E-state index contributed by atoms with van der Waals surface area (Å²) in [5, 5.41) is 2.94. The summed E-state index contributed by atoms with van der Waals surface area (Å²) in [5.41, 5.74) is 1.53. The van der Waals surface area contributed by atoms with Gasteiger partial charge in [-0.3, -0.25) is 9.59 Å². The summed E-state index contributed by atoms with van der Waals surface area (Å²) in [6.07, 6.45) is 7.73. The van der Waals surface area contributed by atoms with Crippen molar-refractivity contribution in [3.05, 3.63) is 60.1 Å². The number of hydrogen-bond acceptors (Lipinski definition) is 3. The molecule has 0 unspecified atom stereocenters. The fourth-order valence-electron chi connectivity index (χ4n) is 2.73. The standard InChI is InChI=1S/C21H28N2O3/c1-2-3-4-8-13-22-20(24)11-14-23(16-18-9-6-5-7-10-18)21(25)19-12-15-26-17-19/h5-7,9-10,12,15,17H,2-4,8,11,13-14,16H2,1H3,(H,22,24). The van der Waals surface area contributed by atoms with Crippen LogP contribution in [0.4, 0.5) is 0 Å². The minimum Gasteiger partial charge on any atom is -0.472 e. The monoisotopic (exact) mass is 356 g/mol. The first-order valence-corrected chi connectivity index (χ1v) is 9.32. The second kappa shape index (κ2) is 11.1. The van der Waals surface area contributed by atoms with Gasteiger partial charge in [-0.05, 0) is 18.1 Å². The lowest BCUT2D eigenvalue weighted by molar-refractivity contribution is -0.121. The summed E-state index contributed by atoms with van der Waals surface area (Å²) in [5.74, 6) is -0.141. The molecule has 2 aromatic rings. The smallest absolute Gasteiger partial charge is 0.257 e. The molecule has 0 spiro atoms. The highest BCUT2D eigenvalue weighted by Crippen LogP contribution is 2.11. The quantitative estimate of drug-likeness (QED) is 0.619. The Morgan fingerprint density at radius 2 is 1.88 bits per heavy atom. The first-order chi connectivity index (χ1) is 12.7. The van der Waals surface area contributed by atoms with Gasteiger partial charge in [0.1, 0.15) is 6.26 Å². The van der Waals surface area contributed by atoms with E-state index in [1.807, 2.05) is 30.3 Å².